The summed E-state index contributed by atoms with van der Waals surface area (Å²) in [6, 6.07) is 7.88. The van der Waals surface area contributed by atoms with Crippen LogP contribution in [0.4, 0.5) is 0 Å². The quantitative estimate of drug-likeness (QED) is 0.402. The number of benzene rings is 1. The summed E-state index contributed by atoms with van der Waals surface area (Å²) >= 11 is 5.58. The molecule has 0 saturated carbocycles. The van der Waals surface area contributed by atoms with Crippen LogP contribution in [0.1, 0.15) is 24.8 Å². The van der Waals surface area contributed by atoms with E-state index < -0.39 is 24.0 Å². The zero-order valence-corrected chi connectivity index (χ0v) is 16.5. The minimum absolute atomic E-state index is 0.224. The fraction of sp³-hybridized carbons (Fsp3) is 0.500. The number of carbonyl (C=O) groups excluding carboxylic acids is 2. The maximum absolute atomic E-state index is 12.4. The third kappa shape index (κ3) is 8.62. The van der Waals surface area contributed by atoms with Crippen LogP contribution in [0.3, 0.4) is 0 Å². The highest BCUT2D eigenvalue weighted by Crippen LogP contribution is 2.06. The standard InChI is InChI=1S/C18H26N2O4S2/c1-26-12-10-14(17(22)20-15(9-11-25)18(23)24)19-16(21)8-7-13-5-3-2-4-6-13/h2-6,14-15,25H,7-12H2,1H3,(H,19,21)(H,20,22)(H,23,24)/t14-,15?/m0/s1. The zero-order valence-electron chi connectivity index (χ0n) is 14.8. The van der Waals surface area contributed by atoms with Gasteiger partial charge in [0.15, 0.2) is 0 Å². The van der Waals surface area contributed by atoms with Crippen LogP contribution in [0.5, 0.6) is 0 Å². The van der Waals surface area contributed by atoms with Gasteiger partial charge in [0.05, 0.1) is 0 Å². The van der Waals surface area contributed by atoms with Crippen molar-refractivity contribution in [3.63, 3.8) is 0 Å². The second kappa shape index (κ2) is 12.6. The van der Waals surface area contributed by atoms with E-state index in [2.05, 4.69) is 23.3 Å². The average molecular weight is 399 g/mol. The molecule has 0 aliphatic rings. The van der Waals surface area contributed by atoms with Gasteiger partial charge in [-0.25, -0.2) is 4.79 Å². The topological polar surface area (TPSA) is 95.5 Å². The Morgan fingerprint density at radius 2 is 1.81 bits per heavy atom. The van der Waals surface area contributed by atoms with E-state index >= 15 is 0 Å². The summed E-state index contributed by atoms with van der Waals surface area (Å²) in [6.45, 7) is 0. The van der Waals surface area contributed by atoms with E-state index in [0.717, 1.165) is 5.56 Å². The maximum atomic E-state index is 12.4. The highest BCUT2D eigenvalue weighted by Gasteiger charge is 2.25. The van der Waals surface area contributed by atoms with Crippen LogP contribution in [-0.4, -0.2) is 52.7 Å². The number of aliphatic carboxylic acids is 1. The Morgan fingerprint density at radius 1 is 1.12 bits per heavy atom. The normalized spacial score (nSPS) is 12.8. The van der Waals surface area contributed by atoms with Crippen LogP contribution in [0, 0.1) is 0 Å². The van der Waals surface area contributed by atoms with Gasteiger partial charge in [-0.1, -0.05) is 30.3 Å². The van der Waals surface area contributed by atoms with Crippen molar-refractivity contribution in [2.45, 2.75) is 37.8 Å². The van der Waals surface area contributed by atoms with Gasteiger partial charge in [-0.2, -0.15) is 24.4 Å². The van der Waals surface area contributed by atoms with Crippen molar-refractivity contribution in [1.29, 1.82) is 0 Å². The van der Waals surface area contributed by atoms with Gasteiger partial charge in [0.1, 0.15) is 12.1 Å². The van der Waals surface area contributed by atoms with Gasteiger partial charge in [0.25, 0.3) is 0 Å². The van der Waals surface area contributed by atoms with Crippen molar-refractivity contribution in [2.75, 3.05) is 17.8 Å². The number of thioether (sulfide) groups is 1. The summed E-state index contributed by atoms with van der Waals surface area (Å²) in [5, 5.41) is 14.4. The number of amides is 2. The van der Waals surface area contributed by atoms with E-state index in [1.165, 1.54) is 0 Å². The molecule has 0 fully saturated rings. The van der Waals surface area contributed by atoms with E-state index in [1.54, 1.807) is 11.8 Å². The minimum Gasteiger partial charge on any atom is -0.480 e. The van der Waals surface area contributed by atoms with Gasteiger partial charge in [-0.15, -0.1) is 0 Å². The monoisotopic (exact) mass is 398 g/mol. The first-order valence-corrected chi connectivity index (χ1v) is 10.5. The number of rotatable bonds is 12. The van der Waals surface area contributed by atoms with Gasteiger partial charge >= 0.3 is 5.97 Å². The lowest BCUT2D eigenvalue weighted by Gasteiger charge is -2.21. The molecular weight excluding hydrogens is 372 g/mol. The highest BCUT2D eigenvalue weighted by molar-refractivity contribution is 7.98. The fourth-order valence-corrected chi connectivity index (χ4v) is 3.06. The average Bonchev–Trinajstić information content (AvgIpc) is 2.63. The molecule has 8 heteroatoms. The van der Waals surface area contributed by atoms with Crippen molar-refractivity contribution in [3.05, 3.63) is 35.9 Å². The molecule has 1 aromatic rings. The first-order chi connectivity index (χ1) is 12.5. The molecule has 1 unspecified atom stereocenters. The van der Waals surface area contributed by atoms with Crippen molar-refractivity contribution in [3.8, 4) is 0 Å². The summed E-state index contributed by atoms with van der Waals surface area (Å²) in [4.78, 5) is 35.8. The molecule has 0 aliphatic carbocycles. The molecule has 0 aromatic heterocycles. The second-order valence-electron chi connectivity index (χ2n) is 5.80. The van der Waals surface area contributed by atoms with E-state index in [4.69, 9.17) is 5.11 Å². The Morgan fingerprint density at radius 3 is 2.38 bits per heavy atom. The molecule has 1 rings (SSSR count). The molecule has 0 spiro atoms. The van der Waals surface area contributed by atoms with Crippen LogP contribution in [0.15, 0.2) is 30.3 Å². The van der Waals surface area contributed by atoms with Crippen LogP contribution in [0.2, 0.25) is 0 Å². The van der Waals surface area contributed by atoms with Gasteiger partial charge in [-0.3, -0.25) is 9.59 Å². The molecule has 3 N–H and O–H groups in total. The summed E-state index contributed by atoms with van der Waals surface area (Å²) < 4.78 is 0. The highest BCUT2D eigenvalue weighted by atomic mass is 32.2. The summed E-state index contributed by atoms with van der Waals surface area (Å²) in [6.07, 6.45) is 3.43. The van der Waals surface area contributed by atoms with Crippen LogP contribution < -0.4 is 10.6 Å². The lowest BCUT2D eigenvalue weighted by Crippen LogP contribution is -2.52. The number of hydrogen-bond donors (Lipinski definition) is 4. The summed E-state index contributed by atoms with van der Waals surface area (Å²) in [5.74, 6) is -0.777. The molecule has 2 atom stereocenters. The molecule has 0 bridgehead atoms. The van der Waals surface area contributed by atoms with Crippen LogP contribution in [0.25, 0.3) is 0 Å². The molecule has 0 radical (unpaired) electrons. The van der Waals surface area contributed by atoms with Crippen LogP contribution in [-0.2, 0) is 20.8 Å². The molecule has 0 saturated heterocycles. The van der Waals surface area contributed by atoms with Crippen molar-refractivity contribution < 1.29 is 19.5 Å². The van der Waals surface area contributed by atoms with Crippen LogP contribution >= 0.6 is 24.4 Å². The fourth-order valence-electron chi connectivity index (χ4n) is 2.33. The third-order valence-corrected chi connectivity index (χ3v) is 4.68. The Kier molecular flexibility index (Phi) is 10.9. The predicted octanol–water partition coefficient (Wildman–Crippen LogP) is 1.75. The van der Waals surface area contributed by atoms with E-state index in [-0.39, 0.29) is 18.7 Å². The molecular formula is C18H26N2O4S2. The van der Waals surface area contributed by atoms with Gasteiger partial charge in [-0.05, 0) is 42.6 Å². The largest absolute Gasteiger partial charge is 0.480 e. The first kappa shape index (κ1) is 22.4. The Hall–Kier alpha value is -1.67. The first-order valence-electron chi connectivity index (χ1n) is 8.44. The molecule has 26 heavy (non-hydrogen) atoms. The van der Waals surface area contributed by atoms with E-state index in [0.29, 0.717) is 24.3 Å². The second-order valence-corrected chi connectivity index (χ2v) is 7.23. The Labute approximate surface area is 163 Å². The van der Waals surface area contributed by atoms with Crippen molar-refractivity contribution in [2.24, 2.45) is 0 Å². The summed E-state index contributed by atoms with van der Waals surface area (Å²) in [7, 11) is 0. The molecule has 1 aromatic carbocycles. The predicted molar refractivity (Wildman–Crippen MR) is 108 cm³/mol. The number of thiol groups is 1. The molecule has 6 nitrogen and oxygen atoms in total. The van der Waals surface area contributed by atoms with Gasteiger partial charge in [0, 0.05) is 6.42 Å². The number of nitrogens with one attached hydrogen (secondary N) is 2. The SMILES string of the molecule is CSCC[C@H](NC(=O)CCc1ccccc1)C(=O)NC(CCS)C(=O)O. The zero-order chi connectivity index (χ0) is 19.4. The van der Waals surface area contributed by atoms with Crippen molar-refractivity contribution in [1.82, 2.24) is 10.6 Å². The minimum atomic E-state index is -1.11. The van der Waals surface area contributed by atoms with Crippen molar-refractivity contribution >= 4 is 42.2 Å². The summed E-state index contributed by atoms with van der Waals surface area (Å²) in [5.41, 5.74) is 1.05. The number of aryl methyl sites for hydroxylation is 1. The number of carbonyl (C=O) groups is 3. The number of carboxylic acid groups (broad SMARTS) is 1. The number of hydrogen-bond acceptors (Lipinski definition) is 5. The maximum Gasteiger partial charge on any atom is 0.326 e. The molecule has 144 valence electrons. The lowest BCUT2D eigenvalue weighted by molar-refractivity contribution is -0.142. The number of carboxylic acids is 1. The van der Waals surface area contributed by atoms with E-state index in [9.17, 15) is 14.4 Å². The van der Waals surface area contributed by atoms with Gasteiger partial charge in [0.2, 0.25) is 11.8 Å². The lowest BCUT2D eigenvalue weighted by atomic mass is 10.1. The van der Waals surface area contributed by atoms with E-state index in [1.807, 2.05) is 36.6 Å². The third-order valence-electron chi connectivity index (χ3n) is 3.78. The van der Waals surface area contributed by atoms with Gasteiger partial charge < -0.3 is 15.7 Å². The molecule has 2 amide bonds. The smallest absolute Gasteiger partial charge is 0.326 e. The Balaban J connectivity index is 2.61. The Bertz CT molecular complexity index is 584. The molecule has 0 aliphatic heterocycles. The molecule has 0 heterocycles.